The van der Waals surface area contributed by atoms with Gasteiger partial charge >= 0.3 is 7.12 Å². The molecule has 1 saturated carbocycles. The number of likely N-dealkylation sites (N-methyl/N-ethyl adjacent to an activating group) is 1. The quantitative estimate of drug-likeness (QED) is 0.254. The zero-order chi connectivity index (χ0) is 27.1. The van der Waals surface area contributed by atoms with Crippen molar-refractivity contribution < 1.29 is 19.6 Å². The zero-order valence-electron chi connectivity index (χ0n) is 22.6. The lowest BCUT2D eigenvalue weighted by molar-refractivity contribution is -0.123. The van der Waals surface area contributed by atoms with Crippen LogP contribution in [-0.4, -0.2) is 61.8 Å². The highest BCUT2D eigenvalue weighted by Crippen LogP contribution is 2.56. The van der Waals surface area contributed by atoms with Gasteiger partial charge in [0.05, 0.1) is 0 Å². The molecular weight excluding hydrogens is 475 g/mol. The molecule has 2 unspecified atom stereocenters. The van der Waals surface area contributed by atoms with Crippen molar-refractivity contribution in [3.8, 4) is 5.75 Å². The van der Waals surface area contributed by atoms with Crippen LogP contribution in [-0.2, 0) is 10.2 Å². The summed E-state index contributed by atoms with van der Waals surface area (Å²) in [5, 5.41) is 22.8. The fourth-order valence-corrected chi connectivity index (χ4v) is 5.94. The number of nitrogens with zero attached hydrogens (tertiary/aromatic N) is 1. The first-order valence-corrected chi connectivity index (χ1v) is 13.4. The summed E-state index contributed by atoms with van der Waals surface area (Å²) < 4.78 is 5.97. The van der Waals surface area contributed by atoms with Gasteiger partial charge in [-0.15, -0.1) is 0 Å². The monoisotopic (exact) mass is 514 g/mol. The van der Waals surface area contributed by atoms with Crippen LogP contribution in [0.3, 0.4) is 0 Å². The normalized spacial score (nSPS) is 22.9. The molecule has 38 heavy (non-hydrogen) atoms. The zero-order valence-corrected chi connectivity index (χ0v) is 22.6. The van der Waals surface area contributed by atoms with Crippen LogP contribution in [0.5, 0.6) is 5.75 Å². The number of hydrogen-bond acceptors (Lipinski definition) is 5. The Morgan fingerprint density at radius 2 is 1.87 bits per heavy atom. The highest BCUT2D eigenvalue weighted by atomic mass is 16.5. The average Bonchev–Trinajstić information content (AvgIpc) is 2.93. The van der Waals surface area contributed by atoms with Gasteiger partial charge in [0, 0.05) is 38.7 Å². The fourth-order valence-electron chi connectivity index (χ4n) is 5.94. The molecule has 0 saturated heterocycles. The smallest absolute Gasteiger partial charge is 0.488 e. The lowest BCUT2D eigenvalue weighted by Crippen LogP contribution is -2.43. The van der Waals surface area contributed by atoms with Crippen LogP contribution in [0.1, 0.15) is 43.2 Å². The largest absolute Gasteiger partial charge is 0.492 e. The molecule has 2 aliphatic carbocycles. The fraction of sp³-hybridized carbons (Fsp3) is 0.387. The lowest BCUT2D eigenvalue weighted by Gasteiger charge is -2.50. The third kappa shape index (κ3) is 6.29. The summed E-state index contributed by atoms with van der Waals surface area (Å²) in [6.45, 7) is 4.19. The van der Waals surface area contributed by atoms with Crippen molar-refractivity contribution >= 4 is 13.0 Å². The van der Waals surface area contributed by atoms with E-state index in [1.165, 1.54) is 21.6 Å². The van der Waals surface area contributed by atoms with Gasteiger partial charge < -0.3 is 25.0 Å². The number of nitrogens with one attached hydrogen (secondary N) is 1. The summed E-state index contributed by atoms with van der Waals surface area (Å²) in [5.41, 5.74) is 4.37. The maximum absolute atomic E-state index is 11.6. The molecule has 4 rings (SSSR count). The minimum absolute atomic E-state index is 0.0254. The van der Waals surface area contributed by atoms with Crippen LogP contribution in [0.4, 0.5) is 0 Å². The molecule has 0 bridgehead atoms. The second-order valence-electron chi connectivity index (χ2n) is 10.6. The van der Waals surface area contributed by atoms with Gasteiger partial charge in [-0.05, 0) is 59.8 Å². The minimum atomic E-state index is -1.43. The van der Waals surface area contributed by atoms with Crippen molar-refractivity contribution in [1.29, 1.82) is 0 Å². The van der Waals surface area contributed by atoms with Gasteiger partial charge in [-0.3, -0.25) is 4.79 Å². The predicted octanol–water partition coefficient (Wildman–Crippen LogP) is 4.02. The molecule has 6 nitrogen and oxygen atoms in total. The molecule has 0 aromatic heterocycles. The first kappa shape index (κ1) is 27.9. The van der Waals surface area contributed by atoms with Gasteiger partial charge in [0.25, 0.3) is 0 Å². The number of carbonyl (C=O) groups excluding carboxylic acids is 1. The Kier molecular flexibility index (Phi) is 9.26. The number of ether oxygens (including phenoxy) is 1. The molecule has 2 aromatic carbocycles. The third-order valence-corrected chi connectivity index (χ3v) is 8.05. The van der Waals surface area contributed by atoms with Gasteiger partial charge in [0.2, 0.25) is 5.91 Å². The molecular formula is C31H39BN2O4. The van der Waals surface area contributed by atoms with E-state index >= 15 is 0 Å². The Balaban J connectivity index is 1.45. The van der Waals surface area contributed by atoms with E-state index in [2.05, 4.69) is 66.8 Å². The van der Waals surface area contributed by atoms with E-state index in [1.54, 1.807) is 20.2 Å². The Labute approximate surface area is 226 Å². The van der Waals surface area contributed by atoms with Crippen LogP contribution in [0.2, 0.25) is 0 Å². The van der Waals surface area contributed by atoms with Gasteiger partial charge in [-0.25, -0.2) is 0 Å². The second kappa shape index (κ2) is 12.6. The van der Waals surface area contributed by atoms with Crippen molar-refractivity contribution in [3.05, 3.63) is 101 Å². The van der Waals surface area contributed by atoms with E-state index in [0.29, 0.717) is 31.1 Å². The summed E-state index contributed by atoms with van der Waals surface area (Å²) in [4.78, 5) is 13.1. The van der Waals surface area contributed by atoms with E-state index in [4.69, 9.17) is 4.74 Å². The number of allylic oxidation sites excluding steroid dienone is 4. The standard InChI is InChI=1S/C31H39BN2O4/c1-31(25-12-15-27(16-13-25)38-21-20-33-19-7-10-30(35)34(2)3)28(23-8-5-4-6-9-23)17-11-24-22-26(32(36)37)14-18-29(24)31/h4-10,12-16,22,28-29,33,36-37H,11,17-21H2,1-3H3/b10-7+/t28-,29?,31?/m1/s1. The van der Waals surface area contributed by atoms with Crippen molar-refractivity contribution in [2.75, 3.05) is 33.8 Å². The van der Waals surface area contributed by atoms with E-state index in [-0.39, 0.29) is 17.2 Å². The highest BCUT2D eigenvalue weighted by molar-refractivity contribution is 6.51. The molecule has 2 aliphatic rings. The summed E-state index contributed by atoms with van der Waals surface area (Å²) in [6, 6.07) is 19.2. The number of hydrogen-bond donors (Lipinski definition) is 3. The van der Waals surface area contributed by atoms with Crippen LogP contribution in [0.15, 0.2) is 89.9 Å². The number of rotatable bonds is 10. The summed E-state index contributed by atoms with van der Waals surface area (Å²) in [7, 11) is 2.04. The van der Waals surface area contributed by atoms with E-state index in [1.807, 2.05) is 18.2 Å². The summed E-state index contributed by atoms with van der Waals surface area (Å²) in [6.07, 6.45) is 10.1. The maximum atomic E-state index is 11.6. The third-order valence-electron chi connectivity index (χ3n) is 8.05. The summed E-state index contributed by atoms with van der Waals surface area (Å²) in [5.74, 6) is 1.44. The van der Waals surface area contributed by atoms with Crippen molar-refractivity contribution in [2.45, 2.75) is 37.5 Å². The molecule has 1 fully saturated rings. The van der Waals surface area contributed by atoms with Gasteiger partial charge in [-0.2, -0.15) is 0 Å². The van der Waals surface area contributed by atoms with E-state index in [0.717, 1.165) is 25.0 Å². The SMILES string of the molecule is CN(C)C(=O)/C=C/CNCCOc1ccc(C2(C)C3CC=C(B(O)O)C=C3CC[C@@H]2c2ccccc2)cc1. The number of fused-ring (bicyclic) bond motifs is 1. The topological polar surface area (TPSA) is 82.0 Å². The lowest BCUT2D eigenvalue weighted by atomic mass is 9.52. The molecule has 0 radical (unpaired) electrons. The molecule has 0 heterocycles. The van der Waals surface area contributed by atoms with Crippen molar-refractivity contribution in [1.82, 2.24) is 10.2 Å². The highest BCUT2D eigenvalue weighted by Gasteiger charge is 2.48. The first-order valence-electron chi connectivity index (χ1n) is 13.4. The van der Waals surface area contributed by atoms with Crippen molar-refractivity contribution in [2.24, 2.45) is 5.92 Å². The van der Waals surface area contributed by atoms with Crippen LogP contribution in [0, 0.1) is 5.92 Å². The molecule has 2 aromatic rings. The van der Waals surface area contributed by atoms with Gasteiger partial charge in [0.1, 0.15) is 12.4 Å². The molecule has 0 aliphatic heterocycles. The Morgan fingerprint density at radius 1 is 1.13 bits per heavy atom. The predicted molar refractivity (Wildman–Crippen MR) is 153 cm³/mol. The molecule has 3 N–H and O–H groups in total. The van der Waals surface area contributed by atoms with Gasteiger partial charge in [-0.1, -0.05) is 73.2 Å². The average molecular weight is 514 g/mol. The molecule has 1 amide bonds. The summed E-state index contributed by atoms with van der Waals surface area (Å²) >= 11 is 0. The number of benzene rings is 2. The number of amides is 1. The van der Waals surface area contributed by atoms with Crippen LogP contribution < -0.4 is 10.1 Å². The second-order valence-corrected chi connectivity index (χ2v) is 10.6. The van der Waals surface area contributed by atoms with Crippen molar-refractivity contribution in [3.63, 3.8) is 0 Å². The number of carbonyl (C=O) groups is 1. The molecule has 200 valence electrons. The Hall–Kier alpha value is -3.13. The molecule has 0 spiro atoms. The molecule has 7 heteroatoms. The Bertz CT molecular complexity index is 1170. The minimum Gasteiger partial charge on any atom is -0.492 e. The molecule has 3 atom stereocenters. The van der Waals surface area contributed by atoms with Crippen LogP contribution >= 0.6 is 0 Å². The first-order chi connectivity index (χ1) is 18.3. The van der Waals surface area contributed by atoms with E-state index < -0.39 is 7.12 Å². The van der Waals surface area contributed by atoms with E-state index in [9.17, 15) is 14.8 Å². The Morgan fingerprint density at radius 3 is 2.55 bits per heavy atom. The van der Waals surface area contributed by atoms with Gasteiger partial charge in [0.15, 0.2) is 0 Å². The maximum Gasteiger partial charge on any atom is 0.488 e. The van der Waals surface area contributed by atoms with Crippen LogP contribution in [0.25, 0.3) is 0 Å².